The molecule has 2 aromatic heterocycles. The minimum absolute atomic E-state index is 0.102. The third-order valence-corrected chi connectivity index (χ3v) is 4.05. The van der Waals surface area contributed by atoms with Crippen LogP contribution in [0.15, 0.2) is 60.0 Å². The van der Waals surface area contributed by atoms with E-state index < -0.39 is 17.6 Å². The van der Waals surface area contributed by atoms with Gasteiger partial charge < -0.3 is 19.5 Å². The molecule has 0 aliphatic heterocycles. The van der Waals surface area contributed by atoms with Gasteiger partial charge in [-0.2, -0.15) is 0 Å². The van der Waals surface area contributed by atoms with Gasteiger partial charge in [0.25, 0.3) is 5.56 Å². The number of carboxylic acid groups (broad SMARTS) is 1. The molecule has 1 unspecified atom stereocenters. The Hall–Kier alpha value is -3.39. The molecule has 0 saturated heterocycles. The van der Waals surface area contributed by atoms with Crippen molar-refractivity contribution in [2.45, 2.75) is 19.6 Å². The number of hydrogen-bond acceptors (Lipinski definition) is 5. The average molecular weight is 369 g/mol. The van der Waals surface area contributed by atoms with E-state index in [-0.39, 0.29) is 12.2 Å². The average Bonchev–Trinajstić information content (AvgIpc) is 3.13. The van der Waals surface area contributed by atoms with Crippen molar-refractivity contribution in [1.82, 2.24) is 14.1 Å². The Morgan fingerprint density at radius 3 is 2.59 bits per heavy atom. The molecule has 8 nitrogen and oxygen atoms in total. The molecule has 1 aromatic carbocycles. The van der Waals surface area contributed by atoms with Gasteiger partial charge in [0, 0.05) is 24.3 Å². The third-order valence-electron chi connectivity index (χ3n) is 4.05. The third kappa shape index (κ3) is 4.24. The lowest BCUT2D eigenvalue weighted by Gasteiger charge is -2.13. The molecule has 140 valence electrons. The number of aliphatic hydroxyl groups is 1. The first-order chi connectivity index (χ1) is 13.0. The molecule has 0 bridgehead atoms. The molecule has 0 radical (unpaired) electrons. The number of aromatic carboxylic acids is 1. The lowest BCUT2D eigenvalue weighted by atomic mass is 10.1. The first-order valence-electron chi connectivity index (χ1n) is 8.28. The first kappa shape index (κ1) is 18.4. The standard InChI is InChI=1S/C19H19N3O5/c1-13-6-8-22(18(24)17(13)19(25)26)14-2-4-16(5-3-14)27-11-15(23)10-21-9-7-20-12-21/h2-9,12,15,23H,10-11H2,1H3,(H,25,26). The maximum absolute atomic E-state index is 12.4. The van der Waals surface area contributed by atoms with E-state index in [9.17, 15) is 19.8 Å². The SMILES string of the molecule is Cc1ccn(-c2ccc(OCC(O)Cn3ccnc3)cc2)c(=O)c1C(=O)O. The van der Waals surface area contributed by atoms with Gasteiger partial charge in [-0.1, -0.05) is 0 Å². The lowest BCUT2D eigenvalue weighted by molar-refractivity contribution is 0.0693. The predicted octanol–water partition coefficient (Wildman–Crippen LogP) is 1.48. The normalized spacial score (nSPS) is 11.9. The van der Waals surface area contributed by atoms with Crippen LogP contribution in [-0.2, 0) is 6.54 Å². The fraction of sp³-hybridized carbons (Fsp3) is 0.211. The van der Waals surface area contributed by atoms with Crippen molar-refractivity contribution in [2.24, 2.45) is 0 Å². The molecular weight excluding hydrogens is 350 g/mol. The quantitative estimate of drug-likeness (QED) is 0.653. The van der Waals surface area contributed by atoms with Gasteiger partial charge in [-0.05, 0) is 42.8 Å². The van der Waals surface area contributed by atoms with Crippen LogP contribution in [0.1, 0.15) is 15.9 Å². The summed E-state index contributed by atoms with van der Waals surface area (Å²) < 4.78 is 8.58. The van der Waals surface area contributed by atoms with Crippen LogP contribution in [0.4, 0.5) is 0 Å². The number of pyridine rings is 1. The zero-order valence-corrected chi connectivity index (χ0v) is 14.6. The van der Waals surface area contributed by atoms with Gasteiger partial charge in [0.1, 0.15) is 24.0 Å². The second-order valence-electron chi connectivity index (χ2n) is 6.07. The molecule has 8 heteroatoms. The summed E-state index contributed by atoms with van der Waals surface area (Å²) >= 11 is 0. The van der Waals surface area contributed by atoms with Crippen LogP contribution in [-0.4, -0.2) is 43.0 Å². The highest BCUT2D eigenvalue weighted by molar-refractivity contribution is 5.88. The van der Waals surface area contributed by atoms with Gasteiger partial charge in [-0.3, -0.25) is 9.36 Å². The summed E-state index contributed by atoms with van der Waals surface area (Å²) in [7, 11) is 0. The minimum Gasteiger partial charge on any atom is -0.491 e. The van der Waals surface area contributed by atoms with Crippen LogP contribution in [0.25, 0.3) is 5.69 Å². The number of aliphatic hydroxyl groups excluding tert-OH is 1. The van der Waals surface area contributed by atoms with E-state index in [4.69, 9.17) is 4.74 Å². The van der Waals surface area contributed by atoms with Gasteiger partial charge in [0.05, 0.1) is 12.9 Å². The molecule has 2 heterocycles. The molecule has 1 atom stereocenters. The molecule has 3 rings (SSSR count). The van der Waals surface area contributed by atoms with E-state index in [1.165, 1.54) is 10.8 Å². The first-order valence-corrected chi connectivity index (χ1v) is 8.28. The smallest absolute Gasteiger partial charge is 0.341 e. The summed E-state index contributed by atoms with van der Waals surface area (Å²) in [6, 6.07) is 8.21. The topological polar surface area (TPSA) is 107 Å². The molecule has 0 spiro atoms. The van der Waals surface area contributed by atoms with Crippen molar-refractivity contribution < 1.29 is 19.7 Å². The monoisotopic (exact) mass is 369 g/mol. The van der Waals surface area contributed by atoms with Crippen LogP contribution in [0.2, 0.25) is 0 Å². The summed E-state index contributed by atoms with van der Waals surface area (Å²) in [5.74, 6) is -0.722. The van der Waals surface area contributed by atoms with Crippen molar-refractivity contribution >= 4 is 5.97 Å². The number of aryl methyl sites for hydroxylation is 1. The summed E-state index contributed by atoms with van der Waals surface area (Å²) in [5, 5.41) is 19.2. The van der Waals surface area contributed by atoms with E-state index in [1.54, 1.807) is 60.5 Å². The molecule has 0 amide bonds. The number of carboxylic acids is 1. The molecule has 0 aliphatic carbocycles. The Morgan fingerprint density at radius 1 is 1.22 bits per heavy atom. The van der Waals surface area contributed by atoms with Crippen molar-refractivity contribution in [3.05, 3.63) is 76.7 Å². The largest absolute Gasteiger partial charge is 0.491 e. The number of imidazole rings is 1. The van der Waals surface area contributed by atoms with Gasteiger partial charge in [-0.25, -0.2) is 9.78 Å². The maximum Gasteiger partial charge on any atom is 0.341 e. The number of aromatic nitrogens is 3. The van der Waals surface area contributed by atoms with E-state index >= 15 is 0 Å². The molecule has 0 fully saturated rings. The number of ether oxygens (including phenoxy) is 1. The Morgan fingerprint density at radius 2 is 1.96 bits per heavy atom. The summed E-state index contributed by atoms with van der Waals surface area (Å²) in [6.07, 6.45) is 5.84. The zero-order chi connectivity index (χ0) is 19.4. The van der Waals surface area contributed by atoms with Crippen LogP contribution in [0.5, 0.6) is 5.75 Å². The molecular formula is C19H19N3O5. The fourth-order valence-corrected chi connectivity index (χ4v) is 2.68. The molecule has 3 aromatic rings. The number of nitrogens with zero attached hydrogens (tertiary/aromatic N) is 3. The van der Waals surface area contributed by atoms with Crippen molar-refractivity contribution in [3.8, 4) is 11.4 Å². The van der Waals surface area contributed by atoms with Crippen molar-refractivity contribution in [2.75, 3.05) is 6.61 Å². The van der Waals surface area contributed by atoms with Crippen LogP contribution in [0, 0.1) is 6.92 Å². The van der Waals surface area contributed by atoms with Gasteiger partial charge in [0.15, 0.2) is 0 Å². The van der Waals surface area contributed by atoms with Gasteiger partial charge in [-0.15, -0.1) is 0 Å². The number of rotatable bonds is 7. The van der Waals surface area contributed by atoms with Gasteiger partial charge >= 0.3 is 5.97 Å². The highest BCUT2D eigenvalue weighted by Gasteiger charge is 2.15. The second-order valence-corrected chi connectivity index (χ2v) is 6.07. The Balaban J connectivity index is 1.70. The maximum atomic E-state index is 12.4. The Kier molecular flexibility index (Phi) is 5.37. The van der Waals surface area contributed by atoms with E-state index in [2.05, 4.69) is 4.98 Å². The van der Waals surface area contributed by atoms with Crippen molar-refractivity contribution in [1.29, 1.82) is 0 Å². The van der Waals surface area contributed by atoms with Gasteiger partial charge in [0.2, 0.25) is 0 Å². The number of carbonyl (C=O) groups is 1. The van der Waals surface area contributed by atoms with Crippen LogP contribution in [0.3, 0.4) is 0 Å². The molecule has 2 N–H and O–H groups in total. The summed E-state index contributed by atoms with van der Waals surface area (Å²) in [6.45, 7) is 2.06. The molecule has 0 aliphatic rings. The summed E-state index contributed by atoms with van der Waals surface area (Å²) in [5.41, 5.74) is 0.0942. The van der Waals surface area contributed by atoms with E-state index in [1.807, 2.05) is 0 Å². The predicted molar refractivity (Wildman–Crippen MR) is 97.5 cm³/mol. The minimum atomic E-state index is -1.25. The van der Waals surface area contributed by atoms with Crippen LogP contribution < -0.4 is 10.3 Å². The fourth-order valence-electron chi connectivity index (χ4n) is 2.68. The Bertz CT molecular complexity index is 978. The lowest BCUT2D eigenvalue weighted by Crippen LogP contribution is -2.26. The molecule has 27 heavy (non-hydrogen) atoms. The van der Waals surface area contributed by atoms with Crippen molar-refractivity contribution in [3.63, 3.8) is 0 Å². The van der Waals surface area contributed by atoms with E-state index in [0.717, 1.165) is 0 Å². The Labute approximate surface area is 154 Å². The second kappa shape index (κ2) is 7.88. The highest BCUT2D eigenvalue weighted by atomic mass is 16.5. The molecule has 0 saturated carbocycles. The zero-order valence-electron chi connectivity index (χ0n) is 14.6. The summed E-state index contributed by atoms with van der Waals surface area (Å²) in [4.78, 5) is 27.6. The van der Waals surface area contributed by atoms with E-state index in [0.29, 0.717) is 23.5 Å². The number of hydrogen-bond donors (Lipinski definition) is 2. The van der Waals surface area contributed by atoms with Crippen LogP contribution >= 0.6 is 0 Å². The number of benzene rings is 1. The highest BCUT2D eigenvalue weighted by Crippen LogP contribution is 2.15.